The number of fused-ring (bicyclic) bond motifs is 1. The number of benzene rings is 1. The van der Waals surface area contributed by atoms with Crippen molar-refractivity contribution in [2.45, 2.75) is 19.8 Å². The second-order valence-electron chi connectivity index (χ2n) is 5.88. The molecule has 1 saturated heterocycles. The van der Waals surface area contributed by atoms with Crippen LogP contribution in [0.25, 0.3) is 10.9 Å². The first-order valence-electron chi connectivity index (χ1n) is 7.76. The van der Waals surface area contributed by atoms with Crippen molar-refractivity contribution in [3.8, 4) is 0 Å². The van der Waals surface area contributed by atoms with Crippen molar-refractivity contribution in [2.24, 2.45) is 5.92 Å². The highest BCUT2D eigenvalue weighted by Gasteiger charge is 2.26. The molecule has 1 aliphatic heterocycles. The zero-order valence-electron chi connectivity index (χ0n) is 12.8. The molecule has 1 atom stereocenters. The van der Waals surface area contributed by atoms with Gasteiger partial charge in [-0.1, -0.05) is 29.8 Å². The summed E-state index contributed by atoms with van der Waals surface area (Å²) in [6.45, 7) is 3.57. The lowest BCUT2D eigenvalue weighted by molar-refractivity contribution is -0.128. The van der Waals surface area contributed by atoms with E-state index in [1.807, 2.05) is 4.90 Å². The maximum absolute atomic E-state index is 11.8. The molecule has 1 N–H and O–H groups in total. The Hall–Kier alpha value is -1.74. The standard InChI is InChI=1S/C18H21ClN2O/c1-2-13-12-21(18(22)11-19)8-7-14(13)9-16-10-15-5-3-4-6-17(15)20-16/h2-6,10,14,20H,7-9,11-12H2,1H3/b13-2+/t14-/m1/s1. The van der Waals surface area contributed by atoms with Crippen LogP contribution in [0.5, 0.6) is 0 Å². The lowest BCUT2D eigenvalue weighted by atomic mass is 9.87. The number of amides is 1. The molecule has 0 aliphatic carbocycles. The largest absolute Gasteiger partial charge is 0.358 e. The number of hydrogen-bond acceptors (Lipinski definition) is 1. The van der Waals surface area contributed by atoms with Gasteiger partial charge in [0.15, 0.2) is 0 Å². The lowest BCUT2D eigenvalue weighted by Gasteiger charge is -2.34. The Morgan fingerprint density at radius 3 is 3.00 bits per heavy atom. The van der Waals surface area contributed by atoms with E-state index in [4.69, 9.17) is 11.6 Å². The Morgan fingerprint density at radius 2 is 2.27 bits per heavy atom. The summed E-state index contributed by atoms with van der Waals surface area (Å²) in [6, 6.07) is 10.6. The van der Waals surface area contributed by atoms with Gasteiger partial charge in [0.2, 0.25) is 5.91 Å². The van der Waals surface area contributed by atoms with Gasteiger partial charge in [-0.05, 0) is 43.2 Å². The van der Waals surface area contributed by atoms with Crippen LogP contribution in [0, 0.1) is 5.92 Å². The fourth-order valence-electron chi connectivity index (χ4n) is 3.29. The third-order valence-electron chi connectivity index (χ3n) is 4.54. The maximum Gasteiger partial charge on any atom is 0.237 e. The molecule has 0 unspecified atom stereocenters. The van der Waals surface area contributed by atoms with Crippen LogP contribution in [0.3, 0.4) is 0 Å². The summed E-state index contributed by atoms with van der Waals surface area (Å²) in [5, 5.41) is 1.26. The number of aromatic nitrogens is 1. The topological polar surface area (TPSA) is 36.1 Å². The molecular formula is C18H21ClN2O. The van der Waals surface area contributed by atoms with E-state index < -0.39 is 0 Å². The number of para-hydroxylation sites is 1. The summed E-state index contributed by atoms with van der Waals surface area (Å²) >= 11 is 5.67. The van der Waals surface area contributed by atoms with Gasteiger partial charge in [0, 0.05) is 24.3 Å². The summed E-state index contributed by atoms with van der Waals surface area (Å²) in [7, 11) is 0. The molecule has 1 fully saturated rings. The first-order valence-corrected chi connectivity index (χ1v) is 8.30. The number of nitrogens with one attached hydrogen (secondary N) is 1. The minimum atomic E-state index is 0.0325. The highest BCUT2D eigenvalue weighted by Crippen LogP contribution is 2.27. The second kappa shape index (κ2) is 6.57. The van der Waals surface area contributed by atoms with Crippen LogP contribution in [0.4, 0.5) is 0 Å². The number of carbonyl (C=O) groups excluding carboxylic acids is 1. The van der Waals surface area contributed by atoms with E-state index in [0.717, 1.165) is 19.4 Å². The molecule has 0 spiro atoms. The molecule has 3 nitrogen and oxygen atoms in total. The number of allylic oxidation sites excluding steroid dienone is 1. The van der Waals surface area contributed by atoms with Crippen molar-refractivity contribution in [3.05, 3.63) is 47.7 Å². The third-order valence-corrected chi connectivity index (χ3v) is 4.76. The number of halogens is 1. The van der Waals surface area contributed by atoms with Crippen LogP contribution < -0.4 is 0 Å². The number of likely N-dealkylation sites (tertiary alicyclic amines) is 1. The summed E-state index contributed by atoms with van der Waals surface area (Å²) in [5.41, 5.74) is 3.79. The lowest BCUT2D eigenvalue weighted by Crippen LogP contribution is -2.41. The molecule has 3 rings (SSSR count). The number of H-pyrrole nitrogens is 1. The molecule has 1 amide bonds. The summed E-state index contributed by atoms with van der Waals surface area (Å²) in [6.07, 6.45) is 4.15. The van der Waals surface area contributed by atoms with Crippen LogP contribution >= 0.6 is 11.6 Å². The average molecular weight is 317 g/mol. The monoisotopic (exact) mass is 316 g/mol. The Bertz CT molecular complexity index is 671. The predicted octanol–water partition coefficient (Wildman–Crippen LogP) is 3.74. The fourth-order valence-corrected chi connectivity index (χ4v) is 3.46. The van der Waals surface area contributed by atoms with E-state index in [1.165, 1.54) is 22.2 Å². The van der Waals surface area contributed by atoms with Crippen molar-refractivity contribution >= 4 is 28.4 Å². The third kappa shape index (κ3) is 3.05. The number of piperidine rings is 1. The zero-order valence-corrected chi connectivity index (χ0v) is 13.6. The van der Waals surface area contributed by atoms with Crippen molar-refractivity contribution in [3.63, 3.8) is 0 Å². The minimum Gasteiger partial charge on any atom is -0.358 e. The molecule has 2 heterocycles. The number of nitrogens with zero attached hydrogens (tertiary/aromatic N) is 1. The van der Waals surface area contributed by atoms with Crippen molar-refractivity contribution in [1.29, 1.82) is 0 Å². The molecular weight excluding hydrogens is 296 g/mol. The van der Waals surface area contributed by atoms with Crippen LogP contribution in [0.1, 0.15) is 19.0 Å². The average Bonchev–Trinajstić information content (AvgIpc) is 2.96. The molecule has 0 saturated carbocycles. The Morgan fingerprint density at radius 1 is 1.45 bits per heavy atom. The van der Waals surface area contributed by atoms with Crippen LogP contribution in [-0.2, 0) is 11.2 Å². The fraction of sp³-hybridized carbons (Fsp3) is 0.389. The van der Waals surface area contributed by atoms with Gasteiger partial charge in [-0.25, -0.2) is 0 Å². The number of hydrogen-bond donors (Lipinski definition) is 1. The summed E-state index contributed by atoms with van der Waals surface area (Å²) < 4.78 is 0. The van der Waals surface area contributed by atoms with E-state index in [9.17, 15) is 4.79 Å². The van der Waals surface area contributed by atoms with Crippen molar-refractivity contribution < 1.29 is 4.79 Å². The molecule has 0 bridgehead atoms. The van der Waals surface area contributed by atoms with Gasteiger partial charge in [0.1, 0.15) is 5.88 Å². The van der Waals surface area contributed by atoms with Gasteiger partial charge in [-0.2, -0.15) is 0 Å². The van der Waals surface area contributed by atoms with Crippen LogP contribution in [0.2, 0.25) is 0 Å². The predicted molar refractivity (Wildman–Crippen MR) is 91.2 cm³/mol. The highest BCUT2D eigenvalue weighted by atomic mass is 35.5. The SMILES string of the molecule is C/C=C1\CN(C(=O)CCl)CC[C@@H]1Cc1cc2ccccc2[nH]1. The molecule has 1 aromatic heterocycles. The molecule has 0 radical (unpaired) electrons. The summed E-state index contributed by atoms with van der Waals surface area (Å²) in [5.74, 6) is 0.603. The van der Waals surface area contributed by atoms with E-state index in [2.05, 4.69) is 48.3 Å². The number of rotatable bonds is 3. The van der Waals surface area contributed by atoms with Crippen molar-refractivity contribution in [1.82, 2.24) is 9.88 Å². The van der Waals surface area contributed by atoms with E-state index in [0.29, 0.717) is 12.5 Å². The Balaban J connectivity index is 1.73. The Kier molecular flexibility index (Phi) is 4.53. The van der Waals surface area contributed by atoms with E-state index in [1.54, 1.807) is 0 Å². The van der Waals surface area contributed by atoms with E-state index in [-0.39, 0.29) is 11.8 Å². The van der Waals surface area contributed by atoms with Gasteiger partial charge < -0.3 is 9.88 Å². The van der Waals surface area contributed by atoms with Crippen LogP contribution in [0.15, 0.2) is 42.0 Å². The number of carbonyl (C=O) groups is 1. The number of alkyl halides is 1. The molecule has 1 aromatic carbocycles. The Labute approximate surface area is 136 Å². The highest BCUT2D eigenvalue weighted by molar-refractivity contribution is 6.27. The first kappa shape index (κ1) is 15.2. The van der Waals surface area contributed by atoms with Gasteiger partial charge in [0.05, 0.1) is 0 Å². The molecule has 116 valence electrons. The van der Waals surface area contributed by atoms with Gasteiger partial charge in [-0.3, -0.25) is 4.79 Å². The van der Waals surface area contributed by atoms with Crippen molar-refractivity contribution in [2.75, 3.05) is 19.0 Å². The smallest absolute Gasteiger partial charge is 0.237 e. The van der Waals surface area contributed by atoms with Crippen LogP contribution in [-0.4, -0.2) is 34.8 Å². The zero-order chi connectivity index (χ0) is 15.5. The quantitative estimate of drug-likeness (QED) is 0.679. The summed E-state index contributed by atoms with van der Waals surface area (Å²) in [4.78, 5) is 17.1. The minimum absolute atomic E-state index is 0.0325. The molecule has 22 heavy (non-hydrogen) atoms. The normalized spacial score (nSPS) is 20.7. The second-order valence-corrected chi connectivity index (χ2v) is 6.15. The van der Waals surface area contributed by atoms with E-state index >= 15 is 0 Å². The molecule has 2 aromatic rings. The molecule has 1 aliphatic rings. The van der Waals surface area contributed by atoms with Gasteiger partial charge in [0.25, 0.3) is 0 Å². The maximum atomic E-state index is 11.8. The van der Waals surface area contributed by atoms with Gasteiger partial charge >= 0.3 is 0 Å². The number of aromatic amines is 1. The first-order chi connectivity index (χ1) is 10.7. The molecule has 4 heteroatoms. The van der Waals surface area contributed by atoms with Gasteiger partial charge in [-0.15, -0.1) is 11.6 Å².